The van der Waals surface area contributed by atoms with Crippen molar-refractivity contribution >= 4 is 22.9 Å². The van der Waals surface area contributed by atoms with E-state index in [1.807, 2.05) is 18.2 Å². The molecule has 1 heterocycles. The summed E-state index contributed by atoms with van der Waals surface area (Å²) in [6.45, 7) is 1.83. The van der Waals surface area contributed by atoms with Crippen molar-refractivity contribution in [2.24, 2.45) is 5.73 Å². The fraction of sp³-hybridized carbons (Fsp3) is 0.235. The molecule has 3 nitrogen and oxygen atoms in total. The van der Waals surface area contributed by atoms with Gasteiger partial charge in [-0.2, -0.15) is 0 Å². The number of nitrogens with zero attached hydrogens (tertiary/aromatic N) is 1. The van der Waals surface area contributed by atoms with Crippen LogP contribution in [0.4, 0.5) is 5.69 Å². The van der Waals surface area contributed by atoms with Gasteiger partial charge in [0.05, 0.1) is 12.8 Å². The molecule has 3 rings (SSSR count). The number of methoxy groups -OCH3 is 1. The van der Waals surface area contributed by atoms with Gasteiger partial charge in [0.15, 0.2) is 0 Å². The lowest BCUT2D eigenvalue weighted by atomic mass is 9.98. The molecule has 0 spiro atoms. The van der Waals surface area contributed by atoms with E-state index in [1.165, 1.54) is 11.1 Å². The van der Waals surface area contributed by atoms with Gasteiger partial charge in [-0.05, 0) is 29.7 Å². The van der Waals surface area contributed by atoms with Crippen LogP contribution in [0.3, 0.4) is 0 Å². The van der Waals surface area contributed by atoms with Crippen LogP contribution in [0.15, 0.2) is 42.5 Å². The van der Waals surface area contributed by atoms with Crippen molar-refractivity contribution < 1.29 is 4.74 Å². The zero-order chi connectivity index (χ0) is 14.8. The van der Waals surface area contributed by atoms with Gasteiger partial charge >= 0.3 is 0 Å². The maximum Gasteiger partial charge on any atom is 0.120 e. The first-order valence-electron chi connectivity index (χ1n) is 6.98. The monoisotopic (exact) mass is 298 g/mol. The van der Waals surface area contributed by atoms with Crippen LogP contribution in [0.25, 0.3) is 0 Å². The summed E-state index contributed by atoms with van der Waals surface area (Å²) in [5.74, 6) is 0.823. The number of rotatable bonds is 3. The Morgan fingerprint density at radius 1 is 1.19 bits per heavy atom. The van der Waals surface area contributed by atoms with Crippen molar-refractivity contribution in [3.8, 4) is 5.75 Å². The van der Waals surface area contributed by atoms with Gasteiger partial charge in [0, 0.05) is 24.7 Å². The largest absolute Gasteiger partial charge is 0.497 e. The highest BCUT2D eigenvalue weighted by atomic mass is 32.1. The molecule has 1 aliphatic heterocycles. The van der Waals surface area contributed by atoms with Crippen LogP contribution in [0.1, 0.15) is 16.7 Å². The molecule has 0 radical (unpaired) electrons. The van der Waals surface area contributed by atoms with Crippen LogP contribution in [0.2, 0.25) is 0 Å². The maximum absolute atomic E-state index is 5.87. The second-order valence-corrected chi connectivity index (χ2v) is 5.63. The predicted octanol–water partition coefficient (Wildman–Crippen LogP) is 2.89. The third kappa shape index (κ3) is 2.72. The van der Waals surface area contributed by atoms with Gasteiger partial charge in [-0.3, -0.25) is 0 Å². The van der Waals surface area contributed by atoms with Crippen molar-refractivity contribution in [1.29, 1.82) is 0 Å². The molecule has 0 bridgehead atoms. The Morgan fingerprint density at radius 2 is 1.95 bits per heavy atom. The topological polar surface area (TPSA) is 38.5 Å². The number of ether oxygens (including phenoxy) is 1. The first-order chi connectivity index (χ1) is 10.2. The summed E-state index contributed by atoms with van der Waals surface area (Å²) in [5, 5.41) is 0. The molecule has 108 valence electrons. The third-order valence-electron chi connectivity index (χ3n) is 3.94. The van der Waals surface area contributed by atoms with E-state index >= 15 is 0 Å². The van der Waals surface area contributed by atoms with Gasteiger partial charge in [-0.25, -0.2) is 0 Å². The van der Waals surface area contributed by atoms with Gasteiger partial charge in [-0.15, -0.1) is 0 Å². The minimum Gasteiger partial charge on any atom is -0.497 e. The lowest BCUT2D eigenvalue weighted by Gasteiger charge is -2.32. The predicted molar refractivity (Wildman–Crippen MR) is 90.1 cm³/mol. The minimum absolute atomic E-state index is 0.423. The summed E-state index contributed by atoms with van der Waals surface area (Å²) in [6, 6.07) is 14.4. The SMILES string of the molecule is COc1ccc(C(N)=S)c(N2CCc3ccccc3C2)c1. The summed E-state index contributed by atoms with van der Waals surface area (Å²) < 4.78 is 5.34. The summed E-state index contributed by atoms with van der Waals surface area (Å²) in [5.41, 5.74) is 10.6. The van der Waals surface area contributed by atoms with Crippen molar-refractivity contribution in [2.45, 2.75) is 13.0 Å². The molecule has 0 aromatic heterocycles. The Labute approximate surface area is 130 Å². The highest BCUT2D eigenvalue weighted by Gasteiger charge is 2.19. The number of hydrogen-bond acceptors (Lipinski definition) is 3. The Morgan fingerprint density at radius 3 is 2.67 bits per heavy atom. The molecule has 2 N–H and O–H groups in total. The Bertz CT molecular complexity index is 684. The molecular formula is C17H18N2OS. The van der Waals surface area contributed by atoms with Gasteiger partial charge < -0.3 is 15.4 Å². The molecule has 0 saturated carbocycles. The lowest BCUT2D eigenvalue weighted by Crippen LogP contribution is -2.32. The van der Waals surface area contributed by atoms with Crippen molar-refractivity contribution in [3.05, 3.63) is 59.2 Å². The van der Waals surface area contributed by atoms with Crippen LogP contribution >= 0.6 is 12.2 Å². The van der Waals surface area contributed by atoms with Crippen molar-refractivity contribution in [1.82, 2.24) is 0 Å². The van der Waals surface area contributed by atoms with Crippen LogP contribution in [0.5, 0.6) is 5.75 Å². The van der Waals surface area contributed by atoms with Gasteiger partial charge in [-0.1, -0.05) is 36.5 Å². The minimum atomic E-state index is 0.423. The second-order valence-electron chi connectivity index (χ2n) is 5.19. The standard InChI is InChI=1S/C17H18N2OS/c1-20-14-6-7-15(17(18)21)16(10-14)19-9-8-12-4-2-3-5-13(12)11-19/h2-7,10H,8-9,11H2,1H3,(H2,18,21). The lowest BCUT2D eigenvalue weighted by molar-refractivity contribution is 0.414. The summed E-state index contributed by atoms with van der Waals surface area (Å²) in [6.07, 6.45) is 1.03. The van der Waals surface area contributed by atoms with E-state index in [-0.39, 0.29) is 0 Å². The number of fused-ring (bicyclic) bond motifs is 1. The molecule has 0 saturated heterocycles. The summed E-state index contributed by atoms with van der Waals surface area (Å²) in [4.78, 5) is 2.74. The average molecular weight is 298 g/mol. The first kappa shape index (κ1) is 13.9. The number of nitrogens with two attached hydrogens (primary N) is 1. The Hall–Kier alpha value is -2.07. The molecule has 0 unspecified atom stereocenters. The molecule has 0 fully saturated rings. The number of anilines is 1. The van der Waals surface area contributed by atoms with E-state index in [4.69, 9.17) is 22.7 Å². The van der Waals surface area contributed by atoms with Crippen LogP contribution < -0.4 is 15.4 Å². The average Bonchev–Trinajstić information content (AvgIpc) is 2.53. The summed E-state index contributed by atoms with van der Waals surface area (Å²) in [7, 11) is 1.67. The van der Waals surface area contributed by atoms with Gasteiger partial charge in [0.25, 0.3) is 0 Å². The molecular weight excluding hydrogens is 280 g/mol. The van der Waals surface area contributed by atoms with Crippen LogP contribution in [0, 0.1) is 0 Å². The molecule has 2 aromatic rings. The smallest absolute Gasteiger partial charge is 0.120 e. The third-order valence-corrected chi connectivity index (χ3v) is 4.16. The highest BCUT2D eigenvalue weighted by molar-refractivity contribution is 7.80. The van der Waals surface area contributed by atoms with Crippen molar-refractivity contribution in [2.75, 3.05) is 18.6 Å². The molecule has 0 amide bonds. The first-order valence-corrected chi connectivity index (χ1v) is 7.39. The summed E-state index contributed by atoms with van der Waals surface area (Å²) >= 11 is 5.19. The zero-order valence-corrected chi connectivity index (χ0v) is 12.8. The van der Waals surface area contributed by atoms with Gasteiger partial charge in [0.1, 0.15) is 10.7 Å². The maximum atomic E-state index is 5.87. The zero-order valence-electron chi connectivity index (χ0n) is 12.0. The molecule has 0 aliphatic carbocycles. The van der Waals surface area contributed by atoms with E-state index in [2.05, 4.69) is 29.2 Å². The Kier molecular flexibility index (Phi) is 3.80. The molecule has 1 aliphatic rings. The number of benzene rings is 2. The van der Waals surface area contributed by atoms with E-state index in [1.54, 1.807) is 7.11 Å². The highest BCUT2D eigenvalue weighted by Crippen LogP contribution is 2.30. The second kappa shape index (κ2) is 5.74. The molecule has 0 atom stereocenters. The number of thiocarbonyl (C=S) groups is 1. The quantitative estimate of drug-likeness (QED) is 0.884. The van der Waals surface area contributed by atoms with E-state index in [9.17, 15) is 0 Å². The van der Waals surface area contributed by atoms with Crippen molar-refractivity contribution in [3.63, 3.8) is 0 Å². The Balaban J connectivity index is 1.99. The van der Waals surface area contributed by atoms with Gasteiger partial charge in [0.2, 0.25) is 0 Å². The number of hydrogen-bond donors (Lipinski definition) is 1. The van der Waals surface area contributed by atoms with E-state index in [0.29, 0.717) is 4.99 Å². The fourth-order valence-electron chi connectivity index (χ4n) is 2.81. The molecule has 21 heavy (non-hydrogen) atoms. The van der Waals surface area contributed by atoms with E-state index < -0.39 is 0 Å². The van der Waals surface area contributed by atoms with Crippen LogP contribution in [-0.2, 0) is 13.0 Å². The molecule has 2 aromatic carbocycles. The molecule has 4 heteroatoms. The van der Waals surface area contributed by atoms with Crippen LogP contribution in [-0.4, -0.2) is 18.6 Å². The van der Waals surface area contributed by atoms with E-state index in [0.717, 1.165) is 36.5 Å². The normalized spacial score (nSPS) is 13.7. The fourth-order valence-corrected chi connectivity index (χ4v) is 2.98.